The first-order valence-corrected chi connectivity index (χ1v) is 7.34. The molecule has 0 aliphatic heterocycles. The Hall–Kier alpha value is -2.24. The lowest BCUT2D eigenvalue weighted by Gasteiger charge is -2.08. The molecule has 0 spiro atoms. The number of carbonyl (C=O) groups excluding carboxylic acids is 1. The Balaban J connectivity index is 2.40. The van der Waals surface area contributed by atoms with Gasteiger partial charge in [-0.2, -0.15) is 0 Å². The van der Waals surface area contributed by atoms with Gasteiger partial charge in [-0.3, -0.25) is 9.79 Å². The number of carbonyl (C=O) groups is 1. The number of aliphatic imine (C=N–C) groups is 1. The van der Waals surface area contributed by atoms with Crippen molar-refractivity contribution in [3.8, 4) is 11.5 Å². The number of phenols is 1. The van der Waals surface area contributed by atoms with Crippen LogP contribution in [-0.4, -0.2) is 24.3 Å². The number of methoxy groups -OCH3 is 1. The van der Waals surface area contributed by atoms with Gasteiger partial charge in [0.15, 0.2) is 0 Å². The number of phenolic OH excluding ortho intramolecular Hbond substituents is 1. The molecule has 0 aliphatic carbocycles. The summed E-state index contributed by atoms with van der Waals surface area (Å²) in [5.41, 5.74) is 1.43. The molecule has 2 aromatic carbocycles. The minimum Gasteiger partial charge on any atom is -0.506 e. The molecule has 0 saturated heterocycles. The highest BCUT2D eigenvalue weighted by Gasteiger charge is 2.08. The molecule has 0 radical (unpaired) electrons. The van der Waals surface area contributed by atoms with Crippen molar-refractivity contribution >= 4 is 46.7 Å². The average molecular weight is 353 g/mol. The molecule has 0 aromatic heterocycles. The molecule has 0 atom stereocenters. The van der Waals surface area contributed by atoms with Gasteiger partial charge in [0.25, 0.3) is 0 Å². The number of aromatic hydroxyl groups is 1. The second-order valence-corrected chi connectivity index (χ2v) is 5.50. The lowest BCUT2D eigenvalue weighted by atomic mass is 10.2. The highest BCUT2D eigenvalue weighted by molar-refractivity contribution is 6.36. The fourth-order valence-corrected chi connectivity index (χ4v) is 2.40. The molecular weight excluding hydrogens is 339 g/mol. The Bertz CT molecular complexity index is 776. The van der Waals surface area contributed by atoms with Crippen LogP contribution in [0.3, 0.4) is 0 Å². The fraction of sp³-hybridized carbons (Fsp3) is 0.125. The number of ether oxygens (including phenoxy) is 1. The van der Waals surface area contributed by atoms with Crippen LogP contribution in [0.2, 0.25) is 10.0 Å². The molecule has 1 amide bonds. The van der Waals surface area contributed by atoms with Crippen molar-refractivity contribution in [2.45, 2.75) is 6.92 Å². The lowest BCUT2D eigenvalue weighted by molar-refractivity contribution is -0.114. The smallest absolute Gasteiger partial charge is 0.221 e. The summed E-state index contributed by atoms with van der Waals surface area (Å²) >= 11 is 11.8. The van der Waals surface area contributed by atoms with Crippen molar-refractivity contribution in [2.24, 2.45) is 4.99 Å². The zero-order valence-electron chi connectivity index (χ0n) is 12.4. The summed E-state index contributed by atoms with van der Waals surface area (Å²) in [4.78, 5) is 15.4. The van der Waals surface area contributed by atoms with Crippen molar-refractivity contribution in [2.75, 3.05) is 12.4 Å². The molecule has 0 fully saturated rings. The predicted molar refractivity (Wildman–Crippen MR) is 92.7 cm³/mol. The van der Waals surface area contributed by atoms with E-state index < -0.39 is 0 Å². The second-order valence-electron chi connectivity index (χ2n) is 4.65. The largest absolute Gasteiger partial charge is 0.506 e. The molecule has 0 bridgehead atoms. The molecule has 2 rings (SSSR count). The molecule has 0 saturated carbocycles. The summed E-state index contributed by atoms with van der Waals surface area (Å²) in [6.45, 7) is 1.42. The van der Waals surface area contributed by atoms with E-state index in [4.69, 9.17) is 27.9 Å². The average Bonchev–Trinajstić information content (AvgIpc) is 2.49. The number of anilines is 1. The topological polar surface area (TPSA) is 70.9 Å². The van der Waals surface area contributed by atoms with Crippen LogP contribution >= 0.6 is 23.2 Å². The van der Waals surface area contributed by atoms with Crippen LogP contribution in [-0.2, 0) is 4.79 Å². The van der Waals surface area contributed by atoms with E-state index in [1.165, 1.54) is 32.4 Å². The number of nitrogens with zero attached hydrogens (tertiary/aromatic N) is 1. The molecule has 7 heteroatoms. The van der Waals surface area contributed by atoms with Gasteiger partial charge in [-0.15, -0.1) is 0 Å². The SMILES string of the molecule is COc1ccc(NC(C)=O)cc1N=Cc1cc(Cl)cc(Cl)c1O. The van der Waals surface area contributed by atoms with E-state index in [0.29, 0.717) is 27.7 Å². The fourth-order valence-electron chi connectivity index (χ4n) is 1.90. The first kappa shape index (κ1) is 17.1. The van der Waals surface area contributed by atoms with Gasteiger partial charge in [0.2, 0.25) is 5.91 Å². The number of nitrogens with one attached hydrogen (secondary N) is 1. The molecule has 0 heterocycles. The van der Waals surface area contributed by atoms with Gasteiger partial charge >= 0.3 is 0 Å². The Kier molecular flexibility index (Phi) is 5.47. The van der Waals surface area contributed by atoms with Crippen LogP contribution in [0.25, 0.3) is 0 Å². The quantitative estimate of drug-likeness (QED) is 0.800. The van der Waals surface area contributed by atoms with Gasteiger partial charge in [0.05, 0.1) is 12.1 Å². The van der Waals surface area contributed by atoms with Crippen LogP contribution in [0.4, 0.5) is 11.4 Å². The van der Waals surface area contributed by atoms with Gasteiger partial charge < -0.3 is 15.2 Å². The Morgan fingerprint density at radius 2 is 2.04 bits per heavy atom. The van der Waals surface area contributed by atoms with Crippen LogP contribution in [0.1, 0.15) is 12.5 Å². The maximum Gasteiger partial charge on any atom is 0.221 e. The Morgan fingerprint density at radius 1 is 1.30 bits per heavy atom. The minimum atomic E-state index is -0.190. The van der Waals surface area contributed by atoms with E-state index in [9.17, 15) is 9.90 Å². The maximum atomic E-state index is 11.1. The van der Waals surface area contributed by atoms with Crippen LogP contribution in [0.5, 0.6) is 11.5 Å². The normalized spacial score (nSPS) is 10.8. The number of hydrogen-bond donors (Lipinski definition) is 2. The monoisotopic (exact) mass is 352 g/mol. The zero-order chi connectivity index (χ0) is 17.0. The third-order valence-corrected chi connectivity index (χ3v) is 3.41. The molecule has 5 nitrogen and oxygen atoms in total. The van der Waals surface area contributed by atoms with E-state index in [1.54, 1.807) is 18.2 Å². The van der Waals surface area contributed by atoms with E-state index in [-0.39, 0.29) is 16.7 Å². The van der Waals surface area contributed by atoms with E-state index in [1.807, 2.05) is 0 Å². The number of benzene rings is 2. The van der Waals surface area contributed by atoms with Crippen LogP contribution in [0, 0.1) is 0 Å². The van der Waals surface area contributed by atoms with Gasteiger partial charge in [-0.1, -0.05) is 23.2 Å². The summed E-state index contributed by atoms with van der Waals surface area (Å²) < 4.78 is 5.23. The summed E-state index contributed by atoms with van der Waals surface area (Å²) in [7, 11) is 1.51. The van der Waals surface area contributed by atoms with Crippen molar-refractivity contribution < 1.29 is 14.6 Å². The van der Waals surface area contributed by atoms with Gasteiger partial charge in [-0.25, -0.2) is 0 Å². The molecule has 0 aliphatic rings. The summed E-state index contributed by atoms with van der Waals surface area (Å²) in [5.74, 6) is 0.212. The first-order chi connectivity index (χ1) is 10.9. The zero-order valence-corrected chi connectivity index (χ0v) is 13.9. The maximum absolute atomic E-state index is 11.1. The molecule has 0 unspecified atom stereocenters. The third-order valence-electron chi connectivity index (χ3n) is 2.90. The van der Waals surface area contributed by atoms with E-state index >= 15 is 0 Å². The highest BCUT2D eigenvalue weighted by Crippen LogP contribution is 2.33. The number of halogens is 2. The predicted octanol–water partition coefficient (Wildman–Crippen LogP) is 4.42. The highest BCUT2D eigenvalue weighted by atomic mass is 35.5. The summed E-state index contributed by atoms with van der Waals surface area (Å²) in [6.07, 6.45) is 1.42. The molecule has 2 aromatic rings. The van der Waals surface area contributed by atoms with Gasteiger partial charge in [-0.05, 0) is 30.3 Å². The second kappa shape index (κ2) is 7.35. The van der Waals surface area contributed by atoms with Crippen LogP contribution < -0.4 is 10.1 Å². The molecule has 23 heavy (non-hydrogen) atoms. The Labute approximate surface area is 143 Å². The summed E-state index contributed by atoms with van der Waals surface area (Å²) in [5, 5.41) is 13.1. The van der Waals surface area contributed by atoms with Gasteiger partial charge in [0, 0.05) is 29.4 Å². The standard InChI is InChI=1S/C16H14Cl2N2O3/c1-9(21)20-12-3-4-15(23-2)14(7-12)19-8-10-5-11(17)6-13(18)16(10)22/h3-8,22H,1-2H3,(H,20,21). The number of amides is 1. The van der Waals surface area contributed by atoms with Crippen molar-refractivity contribution in [3.63, 3.8) is 0 Å². The first-order valence-electron chi connectivity index (χ1n) is 6.58. The van der Waals surface area contributed by atoms with E-state index in [0.717, 1.165) is 0 Å². The van der Waals surface area contributed by atoms with Crippen molar-refractivity contribution in [3.05, 3.63) is 45.9 Å². The van der Waals surface area contributed by atoms with Gasteiger partial charge in [0.1, 0.15) is 17.2 Å². The lowest BCUT2D eigenvalue weighted by Crippen LogP contribution is -2.05. The number of hydrogen-bond acceptors (Lipinski definition) is 4. The minimum absolute atomic E-state index is 0.114. The summed E-state index contributed by atoms with van der Waals surface area (Å²) in [6, 6.07) is 8.01. The van der Waals surface area contributed by atoms with Crippen molar-refractivity contribution in [1.29, 1.82) is 0 Å². The molecule has 120 valence electrons. The van der Waals surface area contributed by atoms with E-state index in [2.05, 4.69) is 10.3 Å². The molecule has 2 N–H and O–H groups in total. The number of rotatable bonds is 4. The third kappa shape index (κ3) is 4.37. The van der Waals surface area contributed by atoms with Crippen LogP contribution in [0.15, 0.2) is 35.3 Å². The molecular formula is C16H14Cl2N2O3. The Morgan fingerprint density at radius 3 is 2.70 bits per heavy atom. The van der Waals surface area contributed by atoms with Crippen molar-refractivity contribution in [1.82, 2.24) is 0 Å².